The first-order chi connectivity index (χ1) is 14.2. The molecule has 0 amide bonds. The zero-order chi connectivity index (χ0) is 20.0. The number of aromatic nitrogens is 6. The minimum absolute atomic E-state index is 0.310. The minimum Gasteiger partial charge on any atom is -0.494 e. The number of anilines is 1. The monoisotopic (exact) mass is 392 g/mol. The molecule has 4 heterocycles. The highest BCUT2D eigenvalue weighted by atomic mass is 16.5. The lowest BCUT2D eigenvalue weighted by Gasteiger charge is -2.28. The molecule has 150 valence electrons. The first-order valence-corrected chi connectivity index (χ1v) is 9.91. The van der Waals surface area contributed by atoms with E-state index >= 15 is 0 Å². The fraction of sp³-hybridized carbons (Fsp3) is 0.400. The zero-order valence-corrected chi connectivity index (χ0v) is 16.7. The van der Waals surface area contributed by atoms with E-state index in [1.807, 2.05) is 24.4 Å². The molecule has 3 aromatic heterocycles. The van der Waals surface area contributed by atoms with Crippen LogP contribution in [0.2, 0.25) is 0 Å². The Labute approximate surface area is 168 Å². The van der Waals surface area contributed by atoms with E-state index in [9.17, 15) is 0 Å². The van der Waals surface area contributed by atoms with Crippen LogP contribution in [0.5, 0.6) is 5.75 Å². The van der Waals surface area contributed by atoms with E-state index in [-0.39, 0.29) is 0 Å². The molecule has 1 aliphatic rings. The molecule has 5 rings (SSSR count). The van der Waals surface area contributed by atoms with Crippen molar-refractivity contribution in [1.82, 2.24) is 34.0 Å². The van der Waals surface area contributed by atoms with E-state index in [4.69, 9.17) is 15.5 Å². The molecule has 2 N–H and O–H groups in total. The maximum absolute atomic E-state index is 6.14. The van der Waals surface area contributed by atoms with E-state index in [0.29, 0.717) is 22.9 Å². The molecule has 0 spiro atoms. The maximum atomic E-state index is 6.14. The standard InChI is InChI=1S/C20H24N8O/c1-3-17-22-11-13-12-26(9-10-27(13)17)8-7-16-23-19-14-5-4-6-15(29-2)18(14)24-20(21)28(19)25-16/h4-6,11H,3,7-10,12H2,1-2H3,(H2,21,24). The van der Waals surface area contributed by atoms with Crippen molar-refractivity contribution in [3.8, 4) is 5.75 Å². The largest absolute Gasteiger partial charge is 0.494 e. The van der Waals surface area contributed by atoms with Gasteiger partial charge in [-0.25, -0.2) is 15.0 Å². The summed E-state index contributed by atoms with van der Waals surface area (Å²) in [5, 5.41) is 5.48. The quantitative estimate of drug-likeness (QED) is 0.552. The van der Waals surface area contributed by atoms with Crippen LogP contribution in [0.25, 0.3) is 16.6 Å². The number of nitrogens with two attached hydrogens (primary N) is 1. The molecule has 0 radical (unpaired) electrons. The second kappa shape index (κ2) is 7.00. The second-order valence-electron chi connectivity index (χ2n) is 7.29. The Morgan fingerprint density at radius 3 is 2.93 bits per heavy atom. The van der Waals surface area contributed by atoms with Crippen molar-refractivity contribution in [2.75, 3.05) is 25.9 Å². The van der Waals surface area contributed by atoms with Crippen molar-refractivity contribution < 1.29 is 4.74 Å². The van der Waals surface area contributed by atoms with Crippen LogP contribution in [-0.2, 0) is 25.9 Å². The normalized spacial score (nSPS) is 14.6. The first kappa shape index (κ1) is 17.9. The number of nitrogens with zero attached hydrogens (tertiary/aromatic N) is 7. The Morgan fingerprint density at radius 1 is 1.21 bits per heavy atom. The number of aryl methyl sites for hydroxylation is 1. The molecule has 9 heteroatoms. The van der Waals surface area contributed by atoms with E-state index in [1.54, 1.807) is 11.6 Å². The topological polar surface area (TPSA) is 99.4 Å². The SMILES string of the molecule is CCc1ncc2n1CCN(CCc1nc3c4cccc(OC)c4nc(N)n3n1)C2. The van der Waals surface area contributed by atoms with E-state index in [1.165, 1.54) is 11.5 Å². The third-order valence-corrected chi connectivity index (χ3v) is 5.57. The van der Waals surface area contributed by atoms with Crippen molar-refractivity contribution in [3.05, 3.63) is 41.7 Å². The summed E-state index contributed by atoms with van der Waals surface area (Å²) in [6.07, 6.45) is 3.72. The summed E-state index contributed by atoms with van der Waals surface area (Å²) < 4.78 is 9.37. The molecular weight excluding hydrogens is 368 g/mol. The number of hydrogen-bond acceptors (Lipinski definition) is 7. The molecule has 0 atom stereocenters. The van der Waals surface area contributed by atoms with Crippen LogP contribution in [0.4, 0.5) is 5.95 Å². The van der Waals surface area contributed by atoms with E-state index in [0.717, 1.165) is 50.2 Å². The average molecular weight is 392 g/mol. The van der Waals surface area contributed by atoms with Crippen LogP contribution in [-0.4, -0.2) is 54.2 Å². The van der Waals surface area contributed by atoms with Crippen LogP contribution < -0.4 is 10.5 Å². The number of imidazole rings is 1. The predicted octanol–water partition coefficient (Wildman–Crippen LogP) is 1.69. The third-order valence-electron chi connectivity index (χ3n) is 5.57. The molecule has 1 aliphatic heterocycles. The highest BCUT2D eigenvalue weighted by Gasteiger charge is 2.20. The lowest BCUT2D eigenvalue weighted by atomic mass is 10.2. The van der Waals surface area contributed by atoms with Crippen molar-refractivity contribution >= 4 is 22.5 Å². The van der Waals surface area contributed by atoms with Gasteiger partial charge in [0.2, 0.25) is 5.95 Å². The fourth-order valence-corrected chi connectivity index (χ4v) is 4.07. The number of benzene rings is 1. The second-order valence-corrected chi connectivity index (χ2v) is 7.29. The minimum atomic E-state index is 0.310. The molecule has 0 aliphatic carbocycles. The molecule has 1 aromatic carbocycles. The first-order valence-electron chi connectivity index (χ1n) is 9.91. The van der Waals surface area contributed by atoms with Gasteiger partial charge in [-0.05, 0) is 12.1 Å². The molecule has 9 nitrogen and oxygen atoms in total. The molecule has 0 unspecified atom stereocenters. The maximum Gasteiger partial charge on any atom is 0.223 e. The summed E-state index contributed by atoms with van der Waals surface area (Å²) in [6, 6.07) is 5.76. The van der Waals surface area contributed by atoms with Crippen molar-refractivity contribution in [3.63, 3.8) is 0 Å². The van der Waals surface area contributed by atoms with Gasteiger partial charge in [-0.15, -0.1) is 5.10 Å². The lowest BCUT2D eigenvalue weighted by molar-refractivity contribution is 0.221. The molecule has 0 saturated carbocycles. The van der Waals surface area contributed by atoms with Crippen molar-refractivity contribution in [1.29, 1.82) is 0 Å². The number of methoxy groups -OCH3 is 1. The Bertz CT molecular complexity index is 1190. The summed E-state index contributed by atoms with van der Waals surface area (Å²) in [6.45, 7) is 5.94. The number of fused-ring (bicyclic) bond motifs is 4. The summed E-state index contributed by atoms with van der Waals surface area (Å²) in [5.41, 5.74) is 8.84. The molecule has 0 saturated heterocycles. The third kappa shape index (κ3) is 2.98. The van der Waals surface area contributed by atoms with Crippen molar-refractivity contribution in [2.45, 2.75) is 32.9 Å². The number of hydrogen-bond donors (Lipinski definition) is 1. The van der Waals surface area contributed by atoms with E-state index in [2.05, 4.69) is 31.5 Å². The lowest BCUT2D eigenvalue weighted by Crippen LogP contribution is -2.35. The van der Waals surface area contributed by atoms with Gasteiger partial charge in [0.15, 0.2) is 11.5 Å². The smallest absolute Gasteiger partial charge is 0.223 e. The Kier molecular flexibility index (Phi) is 4.31. The molecule has 0 bridgehead atoms. The van der Waals surface area contributed by atoms with Gasteiger partial charge >= 0.3 is 0 Å². The Balaban J connectivity index is 1.39. The summed E-state index contributed by atoms with van der Waals surface area (Å²) >= 11 is 0. The van der Waals surface area contributed by atoms with Gasteiger partial charge in [0, 0.05) is 50.6 Å². The van der Waals surface area contributed by atoms with Gasteiger partial charge in [-0.2, -0.15) is 4.52 Å². The number of ether oxygens (including phenoxy) is 1. The van der Waals surface area contributed by atoms with Gasteiger partial charge in [0.25, 0.3) is 0 Å². The Hall–Kier alpha value is -3.20. The molecule has 4 aromatic rings. The highest BCUT2D eigenvalue weighted by Crippen LogP contribution is 2.27. The van der Waals surface area contributed by atoms with Crippen molar-refractivity contribution in [2.24, 2.45) is 0 Å². The van der Waals surface area contributed by atoms with Gasteiger partial charge in [0.05, 0.1) is 12.8 Å². The Morgan fingerprint density at radius 2 is 2.10 bits per heavy atom. The molecule has 29 heavy (non-hydrogen) atoms. The number of nitrogen functional groups attached to an aromatic ring is 1. The van der Waals surface area contributed by atoms with Gasteiger partial charge in [-0.1, -0.05) is 13.0 Å². The highest BCUT2D eigenvalue weighted by molar-refractivity contribution is 5.95. The summed E-state index contributed by atoms with van der Waals surface area (Å²) in [5.74, 6) is 2.93. The molecule has 0 fully saturated rings. The van der Waals surface area contributed by atoms with Gasteiger partial charge in [0.1, 0.15) is 17.1 Å². The van der Waals surface area contributed by atoms with Crippen LogP contribution in [0.1, 0.15) is 24.3 Å². The van der Waals surface area contributed by atoms with Crippen LogP contribution in [0.15, 0.2) is 24.4 Å². The fourth-order valence-electron chi connectivity index (χ4n) is 4.07. The van der Waals surface area contributed by atoms with Crippen LogP contribution in [0.3, 0.4) is 0 Å². The van der Waals surface area contributed by atoms with E-state index < -0.39 is 0 Å². The zero-order valence-electron chi connectivity index (χ0n) is 16.7. The van der Waals surface area contributed by atoms with Crippen LogP contribution >= 0.6 is 0 Å². The molecular formula is C20H24N8O. The van der Waals surface area contributed by atoms with Crippen LogP contribution in [0, 0.1) is 0 Å². The summed E-state index contributed by atoms with van der Waals surface area (Å²) in [4.78, 5) is 16.2. The van der Waals surface area contributed by atoms with Gasteiger partial charge in [-0.3, -0.25) is 4.90 Å². The van der Waals surface area contributed by atoms with Gasteiger partial charge < -0.3 is 15.0 Å². The average Bonchev–Trinajstić information content (AvgIpc) is 3.36. The number of para-hydroxylation sites is 1. The summed E-state index contributed by atoms with van der Waals surface area (Å²) in [7, 11) is 1.63. The number of rotatable bonds is 5. The predicted molar refractivity (Wildman–Crippen MR) is 110 cm³/mol.